The molecular formula is C23H23ClN2O4S. The lowest BCUT2D eigenvalue weighted by atomic mass is 10.2. The molecule has 8 heteroatoms. The first-order chi connectivity index (χ1) is 14.8. The average molecular weight is 459 g/mol. The van der Waals surface area contributed by atoms with Crippen molar-refractivity contribution >= 4 is 38.9 Å². The van der Waals surface area contributed by atoms with Gasteiger partial charge in [0.05, 0.1) is 17.2 Å². The van der Waals surface area contributed by atoms with Gasteiger partial charge in [-0.2, -0.15) is 0 Å². The number of hydrogen-bond donors (Lipinski definition) is 2. The molecule has 0 radical (unpaired) electrons. The van der Waals surface area contributed by atoms with Crippen LogP contribution >= 0.6 is 11.6 Å². The van der Waals surface area contributed by atoms with E-state index in [0.717, 1.165) is 12.0 Å². The van der Waals surface area contributed by atoms with Crippen molar-refractivity contribution in [3.63, 3.8) is 0 Å². The molecule has 0 bridgehead atoms. The van der Waals surface area contributed by atoms with Crippen LogP contribution in [-0.4, -0.2) is 20.9 Å². The predicted molar refractivity (Wildman–Crippen MR) is 124 cm³/mol. The summed E-state index contributed by atoms with van der Waals surface area (Å²) in [6.45, 7) is 4.18. The van der Waals surface area contributed by atoms with Crippen LogP contribution in [0.4, 0.5) is 11.4 Å². The van der Waals surface area contributed by atoms with Crippen molar-refractivity contribution < 1.29 is 17.9 Å². The second kappa shape index (κ2) is 9.85. The fraction of sp³-hybridized carbons (Fsp3) is 0.174. The molecule has 0 fully saturated rings. The molecule has 0 saturated carbocycles. The minimum Gasteiger partial charge on any atom is -0.492 e. The van der Waals surface area contributed by atoms with Crippen molar-refractivity contribution in [2.24, 2.45) is 0 Å². The number of carbonyl (C=O) groups is 1. The number of benzene rings is 3. The third kappa shape index (κ3) is 5.77. The van der Waals surface area contributed by atoms with E-state index >= 15 is 0 Å². The normalized spacial score (nSPS) is 11.1. The second-order valence-electron chi connectivity index (χ2n) is 6.71. The summed E-state index contributed by atoms with van der Waals surface area (Å²) in [4.78, 5) is 12.6. The Morgan fingerprint density at radius 2 is 1.74 bits per heavy atom. The first-order valence-corrected chi connectivity index (χ1v) is 11.6. The minimum atomic E-state index is -3.87. The van der Waals surface area contributed by atoms with E-state index in [4.69, 9.17) is 16.3 Å². The number of anilines is 2. The Kier molecular flexibility index (Phi) is 7.20. The number of halogens is 1. The third-order valence-corrected chi connectivity index (χ3v) is 6.12. The molecule has 3 rings (SSSR count). The number of hydrogen-bond acceptors (Lipinski definition) is 4. The van der Waals surface area contributed by atoms with Gasteiger partial charge in [-0.05, 0) is 67.4 Å². The number of amides is 1. The zero-order chi connectivity index (χ0) is 22.4. The highest BCUT2D eigenvalue weighted by molar-refractivity contribution is 7.92. The van der Waals surface area contributed by atoms with Gasteiger partial charge < -0.3 is 10.1 Å². The van der Waals surface area contributed by atoms with E-state index < -0.39 is 15.9 Å². The van der Waals surface area contributed by atoms with Gasteiger partial charge in [0.2, 0.25) is 0 Å². The van der Waals surface area contributed by atoms with Crippen molar-refractivity contribution in [2.45, 2.75) is 25.2 Å². The topological polar surface area (TPSA) is 84.5 Å². The zero-order valence-electron chi connectivity index (χ0n) is 17.2. The van der Waals surface area contributed by atoms with E-state index in [1.165, 1.54) is 24.3 Å². The van der Waals surface area contributed by atoms with Gasteiger partial charge in [0.25, 0.3) is 15.9 Å². The molecule has 0 heterocycles. The molecule has 0 aliphatic carbocycles. The lowest BCUT2D eigenvalue weighted by Gasteiger charge is -2.14. The number of rotatable bonds is 8. The highest BCUT2D eigenvalue weighted by Crippen LogP contribution is 2.29. The van der Waals surface area contributed by atoms with Gasteiger partial charge in [-0.3, -0.25) is 9.52 Å². The fourth-order valence-electron chi connectivity index (χ4n) is 2.90. The lowest BCUT2D eigenvalue weighted by molar-refractivity contribution is 0.102. The Morgan fingerprint density at radius 3 is 2.39 bits per heavy atom. The maximum Gasteiger partial charge on any atom is 0.261 e. The van der Waals surface area contributed by atoms with Crippen LogP contribution in [0.5, 0.6) is 5.75 Å². The maximum absolute atomic E-state index is 12.9. The SMILES string of the molecule is CCOc1ccc(S(=O)(=O)Nc2ccc(CC)cc2)cc1NC(=O)c1cccc(Cl)c1. The molecule has 0 aliphatic heterocycles. The van der Waals surface area contributed by atoms with Crippen LogP contribution in [0.3, 0.4) is 0 Å². The van der Waals surface area contributed by atoms with Crippen LogP contribution in [0.25, 0.3) is 0 Å². The molecule has 162 valence electrons. The van der Waals surface area contributed by atoms with Gasteiger partial charge in [-0.1, -0.05) is 36.7 Å². The van der Waals surface area contributed by atoms with Crippen LogP contribution in [0.15, 0.2) is 71.6 Å². The number of aryl methyl sites for hydroxylation is 1. The summed E-state index contributed by atoms with van der Waals surface area (Å²) in [7, 11) is -3.87. The monoisotopic (exact) mass is 458 g/mol. The van der Waals surface area contributed by atoms with Crippen LogP contribution in [0, 0.1) is 0 Å². The smallest absolute Gasteiger partial charge is 0.261 e. The molecule has 0 atom stereocenters. The Morgan fingerprint density at radius 1 is 1.00 bits per heavy atom. The number of ether oxygens (including phenoxy) is 1. The van der Waals surface area contributed by atoms with Gasteiger partial charge in [-0.15, -0.1) is 0 Å². The van der Waals surface area contributed by atoms with Crippen molar-refractivity contribution in [3.8, 4) is 5.75 Å². The Bertz CT molecular complexity index is 1180. The zero-order valence-corrected chi connectivity index (χ0v) is 18.8. The molecule has 0 aliphatic rings. The summed E-state index contributed by atoms with van der Waals surface area (Å²) < 4.78 is 33.9. The molecular weight excluding hydrogens is 436 g/mol. The van der Waals surface area contributed by atoms with E-state index in [1.54, 1.807) is 37.3 Å². The molecule has 3 aromatic carbocycles. The molecule has 31 heavy (non-hydrogen) atoms. The predicted octanol–water partition coefficient (Wildman–Crippen LogP) is 5.35. The minimum absolute atomic E-state index is 0.00286. The fourth-order valence-corrected chi connectivity index (χ4v) is 4.18. The Balaban J connectivity index is 1.89. The molecule has 0 spiro atoms. The van der Waals surface area contributed by atoms with Gasteiger partial charge in [0.1, 0.15) is 5.75 Å². The first-order valence-electron chi connectivity index (χ1n) is 9.78. The third-order valence-electron chi connectivity index (χ3n) is 4.51. The summed E-state index contributed by atoms with van der Waals surface area (Å²) in [5.74, 6) is -0.0646. The van der Waals surface area contributed by atoms with Crippen LogP contribution < -0.4 is 14.8 Å². The summed E-state index contributed by atoms with van der Waals surface area (Å²) in [6, 6.07) is 18.0. The van der Waals surface area contributed by atoms with Crippen molar-refractivity contribution in [1.82, 2.24) is 0 Å². The lowest BCUT2D eigenvalue weighted by Crippen LogP contribution is -2.16. The second-order valence-corrected chi connectivity index (χ2v) is 8.83. The standard InChI is InChI=1S/C23H23ClN2O4S/c1-3-16-8-10-19(11-9-16)26-31(28,29)20-12-13-22(30-4-2)21(15-20)25-23(27)17-6-5-7-18(24)14-17/h5-15,26H,3-4H2,1-2H3,(H,25,27). The van der Waals surface area contributed by atoms with Crippen LogP contribution in [-0.2, 0) is 16.4 Å². The highest BCUT2D eigenvalue weighted by Gasteiger charge is 2.19. The quantitative estimate of drug-likeness (QED) is 0.476. The van der Waals surface area contributed by atoms with Crippen LogP contribution in [0.1, 0.15) is 29.8 Å². The van der Waals surface area contributed by atoms with Gasteiger partial charge >= 0.3 is 0 Å². The summed E-state index contributed by atoms with van der Waals surface area (Å²) >= 11 is 5.96. The van der Waals surface area contributed by atoms with Gasteiger partial charge in [-0.25, -0.2) is 8.42 Å². The molecule has 1 amide bonds. The molecule has 0 saturated heterocycles. The Labute approximate surface area is 187 Å². The van der Waals surface area contributed by atoms with E-state index in [0.29, 0.717) is 28.6 Å². The van der Waals surface area contributed by atoms with Crippen molar-refractivity contribution in [1.29, 1.82) is 0 Å². The molecule has 3 aromatic rings. The summed E-state index contributed by atoms with van der Waals surface area (Å²) in [5, 5.41) is 3.14. The van der Waals surface area contributed by atoms with Crippen LogP contribution in [0.2, 0.25) is 5.02 Å². The average Bonchev–Trinajstić information content (AvgIpc) is 2.75. The molecule has 0 aromatic heterocycles. The number of sulfonamides is 1. The Hall–Kier alpha value is -3.03. The number of nitrogens with one attached hydrogen (secondary N) is 2. The summed E-state index contributed by atoms with van der Waals surface area (Å²) in [6.07, 6.45) is 0.863. The van der Waals surface area contributed by atoms with Gasteiger partial charge in [0.15, 0.2) is 0 Å². The van der Waals surface area contributed by atoms with E-state index in [-0.39, 0.29) is 10.6 Å². The maximum atomic E-state index is 12.9. The summed E-state index contributed by atoms with van der Waals surface area (Å²) in [5.41, 5.74) is 2.15. The molecule has 2 N–H and O–H groups in total. The first kappa shape index (κ1) is 22.7. The highest BCUT2D eigenvalue weighted by atomic mass is 35.5. The largest absolute Gasteiger partial charge is 0.492 e. The van der Waals surface area contributed by atoms with Crippen molar-refractivity contribution in [3.05, 3.63) is 82.9 Å². The molecule has 6 nitrogen and oxygen atoms in total. The van der Waals surface area contributed by atoms with E-state index in [1.807, 2.05) is 19.1 Å². The molecule has 0 unspecified atom stereocenters. The number of carbonyl (C=O) groups excluding carboxylic acids is 1. The van der Waals surface area contributed by atoms with E-state index in [2.05, 4.69) is 10.0 Å². The van der Waals surface area contributed by atoms with Crippen molar-refractivity contribution in [2.75, 3.05) is 16.6 Å². The van der Waals surface area contributed by atoms with E-state index in [9.17, 15) is 13.2 Å². The van der Waals surface area contributed by atoms with Gasteiger partial charge in [0, 0.05) is 16.3 Å².